The van der Waals surface area contributed by atoms with Gasteiger partial charge in [0.1, 0.15) is 5.58 Å². The molecule has 3 aromatic rings. The van der Waals surface area contributed by atoms with Gasteiger partial charge in [0, 0.05) is 36.1 Å². The number of fused-ring (bicyclic) bond motifs is 1. The summed E-state index contributed by atoms with van der Waals surface area (Å²) in [6, 6.07) is 9.33. The predicted molar refractivity (Wildman–Crippen MR) is 86.9 cm³/mol. The van der Waals surface area contributed by atoms with Crippen LogP contribution in [0.25, 0.3) is 11.0 Å². The lowest BCUT2D eigenvalue weighted by Crippen LogP contribution is -2.25. The zero-order chi connectivity index (χ0) is 16.2. The van der Waals surface area contributed by atoms with Crippen molar-refractivity contribution in [2.45, 2.75) is 10.9 Å². The van der Waals surface area contributed by atoms with E-state index in [0.717, 1.165) is 16.0 Å². The van der Waals surface area contributed by atoms with Gasteiger partial charge in [-0.05, 0) is 12.1 Å². The molecule has 0 N–H and O–H groups in total. The Morgan fingerprint density at radius 3 is 2.74 bits per heavy atom. The Balaban J connectivity index is 1.97. The number of nitrogens with zero attached hydrogens (tertiary/aromatic N) is 3. The lowest BCUT2D eigenvalue weighted by Gasteiger charge is -2.12. The molecule has 2 heterocycles. The van der Waals surface area contributed by atoms with Gasteiger partial charge in [0.15, 0.2) is 10.9 Å². The van der Waals surface area contributed by atoms with Crippen LogP contribution in [0.15, 0.2) is 52.3 Å². The number of carbonyl (C=O) groups excluding carboxylic acids is 1. The van der Waals surface area contributed by atoms with E-state index in [0.29, 0.717) is 16.5 Å². The first-order chi connectivity index (χ1) is 11.2. The van der Waals surface area contributed by atoms with Gasteiger partial charge in [0.25, 0.3) is 0 Å². The van der Waals surface area contributed by atoms with E-state index >= 15 is 0 Å². The van der Waals surface area contributed by atoms with Crippen molar-refractivity contribution in [3.8, 4) is 0 Å². The quantitative estimate of drug-likeness (QED) is 0.407. The molecule has 3 rings (SSSR count). The minimum atomic E-state index is -0.326. The van der Waals surface area contributed by atoms with Crippen molar-refractivity contribution in [2.75, 3.05) is 14.2 Å². The fourth-order valence-electron chi connectivity index (χ4n) is 2.14. The largest absolute Gasteiger partial charge is 0.450 e. The van der Waals surface area contributed by atoms with Crippen molar-refractivity contribution in [1.82, 2.24) is 15.0 Å². The smallest absolute Gasteiger partial charge is 0.313 e. The number of benzene rings is 1. The van der Waals surface area contributed by atoms with Crippen LogP contribution in [-0.4, -0.2) is 35.1 Å². The number of carbonyl (C=O) groups is 1. The highest BCUT2D eigenvalue weighted by Crippen LogP contribution is 2.31. The van der Waals surface area contributed by atoms with Gasteiger partial charge in [-0.3, -0.25) is 9.63 Å². The molecule has 2 aromatic heterocycles. The molecule has 1 amide bonds. The van der Waals surface area contributed by atoms with Gasteiger partial charge in [-0.15, -0.1) is 0 Å². The summed E-state index contributed by atoms with van der Waals surface area (Å²) in [7, 11) is 2.99. The second-order valence-electron chi connectivity index (χ2n) is 4.71. The summed E-state index contributed by atoms with van der Waals surface area (Å²) in [5.41, 5.74) is 1.48. The summed E-state index contributed by atoms with van der Waals surface area (Å²) in [5, 5.41) is 2.70. The number of hydroxylamine groups is 2. The van der Waals surface area contributed by atoms with Gasteiger partial charge in [0.05, 0.1) is 7.11 Å². The molecule has 1 aromatic carbocycles. The zero-order valence-corrected chi connectivity index (χ0v) is 13.5. The van der Waals surface area contributed by atoms with Crippen molar-refractivity contribution in [3.63, 3.8) is 0 Å². The molecule has 23 heavy (non-hydrogen) atoms. The van der Waals surface area contributed by atoms with E-state index in [9.17, 15) is 4.79 Å². The molecule has 0 bridgehead atoms. The lowest BCUT2D eigenvalue weighted by molar-refractivity contribution is -0.0773. The Bertz CT molecular complexity index is 820. The standard InChI is InChI=1S/C16H15N3O3S/c1-19(21-2)15(20)14-12(10-23-16-17-8-5-9-18-16)11-6-3-4-7-13(11)22-14/h3-9H,10H2,1-2H3. The summed E-state index contributed by atoms with van der Waals surface area (Å²) >= 11 is 1.45. The molecule has 0 fully saturated rings. The van der Waals surface area contributed by atoms with Crippen LogP contribution in [0.5, 0.6) is 0 Å². The second-order valence-corrected chi connectivity index (χ2v) is 5.65. The number of aromatic nitrogens is 2. The van der Waals surface area contributed by atoms with Crippen molar-refractivity contribution in [3.05, 3.63) is 54.0 Å². The molecule has 7 heteroatoms. The van der Waals surface area contributed by atoms with Gasteiger partial charge in [-0.1, -0.05) is 30.0 Å². The van der Waals surface area contributed by atoms with E-state index in [-0.39, 0.29) is 11.7 Å². The average Bonchev–Trinajstić information content (AvgIpc) is 2.98. The van der Waals surface area contributed by atoms with Crippen LogP contribution in [0.1, 0.15) is 16.1 Å². The first-order valence-electron chi connectivity index (χ1n) is 6.93. The molecule has 0 spiro atoms. The number of para-hydroxylation sites is 1. The molecular formula is C16H15N3O3S. The van der Waals surface area contributed by atoms with Gasteiger partial charge in [-0.25, -0.2) is 15.0 Å². The van der Waals surface area contributed by atoms with Crippen LogP contribution in [0.3, 0.4) is 0 Å². The van der Waals surface area contributed by atoms with E-state index in [2.05, 4.69) is 9.97 Å². The summed E-state index contributed by atoms with van der Waals surface area (Å²) < 4.78 is 5.75. The Morgan fingerprint density at radius 1 is 1.26 bits per heavy atom. The van der Waals surface area contributed by atoms with Gasteiger partial charge < -0.3 is 4.42 Å². The Morgan fingerprint density at radius 2 is 2.00 bits per heavy atom. The van der Waals surface area contributed by atoms with E-state index in [1.54, 1.807) is 25.5 Å². The van der Waals surface area contributed by atoms with E-state index in [4.69, 9.17) is 9.25 Å². The fourth-order valence-corrected chi connectivity index (χ4v) is 2.97. The summed E-state index contributed by atoms with van der Waals surface area (Å²) in [5.74, 6) is 0.479. The predicted octanol–water partition coefficient (Wildman–Crippen LogP) is 3.15. The summed E-state index contributed by atoms with van der Waals surface area (Å²) in [6.45, 7) is 0. The van der Waals surface area contributed by atoms with Crippen LogP contribution in [0, 0.1) is 0 Å². The number of amides is 1. The Hall–Kier alpha value is -2.38. The highest BCUT2D eigenvalue weighted by atomic mass is 32.2. The maximum absolute atomic E-state index is 12.4. The van der Waals surface area contributed by atoms with E-state index in [1.807, 2.05) is 24.3 Å². The molecule has 0 aliphatic rings. The highest BCUT2D eigenvalue weighted by molar-refractivity contribution is 7.98. The first-order valence-corrected chi connectivity index (χ1v) is 7.91. The molecule has 6 nitrogen and oxygen atoms in total. The van der Waals surface area contributed by atoms with Crippen LogP contribution in [0.2, 0.25) is 0 Å². The number of thioether (sulfide) groups is 1. The first kappa shape index (κ1) is 15.5. The maximum atomic E-state index is 12.4. The van der Waals surface area contributed by atoms with Crippen LogP contribution in [0.4, 0.5) is 0 Å². The molecule has 0 saturated heterocycles. The van der Waals surface area contributed by atoms with E-state index < -0.39 is 0 Å². The van der Waals surface area contributed by atoms with Crippen LogP contribution >= 0.6 is 11.8 Å². The molecular weight excluding hydrogens is 314 g/mol. The molecule has 0 radical (unpaired) electrons. The second kappa shape index (κ2) is 6.80. The minimum Gasteiger partial charge on any atom is -0.450 e. The normalized spacial score (nSPS) is 10.9. The molecule has 118 valence electrons. The Labute approximate surface area is 137 Å². The van der Waals surface area contributed by atoms with Crippen molar-refractivity contribution >= 4 is 28.6 Å². The highest BCUT2D eigenvalue weighted by Gasteiger charge is 2.23. The van der Waals surface area contributed by atoms with Crippen molar-refractivity contribution in [2.24, 2.45) is 0 Å². The lowest BCUT2D eigenvalue weighted by atomic mass is 10.1. The average molecular weight is 329 g/mol. The van der Waals surface area contributed by atoms with Crippen LogP contribution < -0.4 is 0 Å². The number of hydrogen-bond acceptors (Lipinski definition) is 6. The third kappa shape index (κ3) is 3.20. The fraction of sp³-hybridized carbons (Fsp3) is 0.188. The monoisotopic (exact) mass is 329 g/mol. The molecule has 0 unspecified atom stereocenters. The molecule has 0 saturated carbocycles. The SMILES string of the molecule is CON(C)C(=O)c1oc2ccccc2c1CSc1ncccn1. The number of hydrogen-bond donors (Lipinski definition) is 0. The van der Waals surface area contributed by atoms with Crippen LogP contribution in [-0.2, 0) is 10.6 Å². The van der Waals surface area contributed by atoms with Crippen molar-refractivity contribution in [1.29, 1.82) is 0 Å². The third-order valence-corrected chi connectivity index (χ3v) is 4.24. The maximum Gasteiger partial charge on any atom is 0.313 e. The van der Waals surface area contributed by atoms with Gasteiger partial charge >= 0.3 is 5.91 Å². The molecule has 0 atom stereocenters. The summed E-state index contributed by atoms with van der Waals surface area (Å²) in [6.07, 6.45) is 3.38. The molecule has 0 aliphatic carbocycles. The summed E-state index contributed by atoms with van der Waals surface area (Å²) in [4.78, 5) is 25.8. The third-order valence-electron chi connectivity index (χ3n) is 3.34. The Kier molecular flexibility index (Phi) is 4.59. The zero-order valence-electron chi connectivity index (χ0n) is 12.7. The minimum absolute atomic E-state index is 0.277. The topological polar surface area (TPSA) is 68.5 Å². The van der Waals surface area contributed by atoms with Gasteiger partial charge in [-0.2, -0.15) is 0 Å². The molecule has 0 aliphatic heterocycles. The number of furan rings is 1. The van der Waals surface area contributed by atoms with Gasteiger partial charge in [0.2, 0.25) is 0 Å². The van der Waals surface area contributed by atoms with Crippen molar-refractivity contribution < 1.29 is 14.0 Å². The number of rotatable bonds is 5. The van der Waals surface area contributed by atoms with E-state index in [1.165, 1.54) is 18.9 Å².